The van der Waals surface area contributed by atoms with Crippen LogP contribution in [-0.2, 0) is 5.41 Å². The molecule has 134 valence electrons. The normalized spacial score (nSPS) is 14.4. The van der Waals surface area contributed by atoms with Gasteiger partial charge in [0.2, 0.25) is 0 Å². The van der Waals surface area contributed by atoms with Gasteiger partial charge in [-0.3, -0.25) is 4.98 Å². The van der Waals surface area contributed by atoms with E-state index < -0.39 is 0 Å². The lowest BCUT2D eigenvalue weighted by atomic mass is 9.76. The molecule has 0 atom stereocenters. The van der Waals surface area contributed by atoms with Crippen molar-refractivity contribution >= 4 is 21.8 Å². The third kappa shape index (κ3) is 1.85. The van der Waals surface area contributed by atoms with Gasteiger partial charge in [0.1, 0.15) is 0 Å². The molecule has 2 heteroatoms. The fraction of sp³-hybridized carbons (Fsp3) is 0.115. The Morgan fingerprint density at radius 3 is 2.25 bits per heavy atom. The second-order valence-electron chi connectivity index (χ2n) is 8.09. The fourth-order valence-electron chi connectivity index (χ4n) is 4.96. The van der Waals surface area contributed by atoms with Crippen molar-refractivity contribution in [3.8, 4) is 16.9 Å². The Hall–Kier alpha value is -3.39. The molecule has 3 aromatic carbocycles. The third-order valence-corrected chi connectivity index (χ3v) is 6.25. The van der Waals surface area contributed by atoms with Crippen molar-refractivity contribution in [1.82, 2.24) is 9.55 Å². The summed E-state index contributed by atoms with van der Waals surface area (Å²) in [6, 6.07) is 28.2. The molecule has 0 fully saturated rings. The van der Waals surface area contributed by atoms with Gasteiger partial charge >= 0.3 is 0 Å². The minimum Gasteiger partial charge on any atom is -0.309 e. The van der Waals surface area contributed by atoms with Crippen LogP contribution in [0.25, 0.3) is 38.8 Å². The molecule has 0 saturated carbocycles. The molecule has 2 heterocycles. The van der Waals surface area contributed by atoms with E-state index >= 15 is 0 Å². The van der Waals surface area contributed by atoms with Crippen LogP contribution in [0.2, 0.25) is 0 Å². The fourth-order valence-corrected chi connectivity index (χ4v) is 4.96. The van der Waals surface area contributed by atoms with Gasteiger partial charge in [-0.05, 0) is 35.4 Å². The number of fused-ring (bicyclic) bond motifs is 2. The summed E-state index contributed by atoms with van der Waals surface area (Å²) in [5.41, 5.74) is 8.57. The largest absolute Gasteiger partial charge is 0.309 e. The first-order valence-corrected chi connectivity index (χ1v) is 9.76. The summed E-state index contributed by atoms with van der Waals surface area (Å²) in [5.74, 6) is 0. The number of pyridine rings is 1. The van der Waals surface area contributed by atoms with E-state index in [0.717, 1.165) is 5.69 Å². The highest BCUT2D eigenvalue weighted by Gasteiger charge is 2.34. The predicted molar refractivity (Wildman–Crippen MR) is 116 cm³/mol. The van der Waals surface area contributed by atoms with Crippen molar-refractivity contribution in [3.63, 3.8) is 0 Å². The van der Waals surface area contributed by atoms with Crippen molar-refractivity contribution in [2.75, 3.05) is 0 Å². The van der Waals surface area contributed by atoms with E-state index in [-0.39, 0.29) is 5.41 Å². The number of hydrogen-bond donors (Lipinski definition) is 0. The topological polar surface area (TPSA) is 17.8 Å². The molecule has 2 aromatic heterocycles. The average molecular weight is 360 g/mol. The summed E-state index contributed by atoms with van der Waals surface area (Å²) in [6.45, 7) is 4.66. The van der Waals surface area contributed by atoms with E-state index in [0.29, 0.717) is 0 Å². The highest BCUT2D eigenvalue weighted by Crippen LogP contribution is 2.49. The van der Waals surface area contributed by atoms with E-state index in [1.54, 1.807) is 0 Å². The predicted octanol–water partition coefficient (Wildman–Crippen LogP) is 6.49. The Kier molecular flexibility index (Phi) is 2.98. The molecule has 5 aromatic rings. The van der Waals surface area contributed by atoms with E-state index in [9.17, 15) is 0 Å². The van der Waals surface area contributed by atoms with Crippen LogP contribution in [0.1, 0.15) is 25.0 Å². The average Bonchev–Trinajstić information content (AvgIpc) is 3.04. The monoisotopic (exact) mass is 360 g/mol. The maximum Gasteiger partial charge on any atom is 0.0805 e. The number of benzene rings is 3. The van der Waals surface area contributed by atoms with Gasteiger partial charge in [0.15, 0.2) is 0 Å². The minimum absolute atomic E-state index is 0.105. The first-order chi connectivity index (χ1) is 13.7. The van der Waals surface area contributed by atoms with Crippen molar-refractivity contribution < 1.29 is 0 Å². The molecule has 1 aliphatic carbocycles. The lowest BCUT2D eigenvalue weighted by molar-refractivity contribution is 0.650. The van der Waals surface area contributed by atoms with Crippen molar-refractivity contribution in [3.05, 3.63) is 96.2 Å². The molecular formula is C26H20N2. The van der Waals surface area contributed by atoms with Gasteiger partial charge < -0.3 is 4.57 Å². The Morgan fingerprint density at radius 2 is 1.39 bits per heavy atom. The molecule has 0 radical (unpaired) electrons. The molecule has 6 rings (SSSR count). The Morgan fingerprint density at radius 1 is 0.679 bits per heavy atom. The molecular weight excluding hydrogens is 340 g/mol. The van der Waals surface area contributed by atoms with E-state index in [4.69, 9.17) is 4.98 Å². The molecule has 0 aliphatic heterocycles. The first-order valence-electron chi connectivity index (χ1n) is 9.76. The second kappa shape index (κ2) is 5.32. The minimum atomic E-state index is -0.105. The summed E-state index contributed by atoms with van der Waals surface area (Å²) in [7, 11) is 0. The molecule has 0 saturated heterocycles. The van der Waals surface area contributed by atoms with Gasteiger partial charge in [-0.2, -0.15) is 0 Å². The van der Waals surface area contributed by atoms with E-state index in [2.05, 4.69) is 97.3 Å². The zero-order valence-corrected chi connectivity index (χ0v) is 16.0. The van der Waals surface area contributed by atoms with Crippen LogP contribution in [-0.4, -0.2) is 9.55 Å². The number of nitrogens with zero attached hydrogens (tertiary/aromatic N) is 2. The third-order valence-electron chi connectivity index (χ3n) is 6.25. The van der Waals surface area contributed by atoms with Crippen LogP contribution >= 0.6 is 0 Å². The molecule has 0 N–H and O–H groups in total. The zero-order valence-electron chi connectivity index (χ0n) is 16.0. The van der Waals surface area contributed by atoms with Gasteiger partial charge in [0, 0.05) is 33.6 Å². The van der Waals surface area contributed by atoms with Gasteiger partial charge in [0.05, 0.1) is 16.7 Å². The molecule has 28 heavy (non-hydrogen) atoms. The van der Waals surface area contributed by atoms with Crippen LogP contribution < -0.4 is 0 Å². The summed E-state index contributed by atoms with van der Waals surface area (Å²) in [5, 5.41) is 2.58. The molecule has 0 amide bonds. The molecule has 0 unspecified atom stereocenters. The van der Waals surface area contributed by atoms with Crippen LogP contribution in [0.5, 0.6) is 0 Å². The van der Waals surface area contributed by atoms with E-state index in [1.807, 2.05) is 6.20 Å². The van der Waals surface area contributed by atoms with Crippen molar-refractivity contribution in [1.29, 1.82) is 0 Å². The summed E-state index contributed by atoms with van der Waals surface area (Å²) >= 11 is 0. The standard InChI is InChI=1S/C26H20N2/c1-26(2)19-12-7-6-11-18(19)25-24-22(15-16-27-25)28(17-9-4-3-5-10-17)21-14-8-13-20(26)23(21)24/h3-16H,1-2H3. The summed E-state index contributed by atoms with van der Waals surface area (Å²) < 4.78 is 2.38. The molecule has 0 spiro atoms. The van der Waals surface area contributed by atoms with Crippen LogP contribution in [0.4, 0.5) is 0 Å². The smallest absolute Gasteiger partial charge is 0.0805 e. The van der Waals surface area contributed by atoms with Gasteiger partial charge in [-0.15, -0.1) is 0 Å². The summed E-state index contributed by atoms with van der Waals surface area (Å²) in [4.78, 5) is 4.88. The molecule has 0 bridgehead atoms. The van der Waals surface area contributed by atoms with Crippen LogP contribution in [0.15, 0.2) is 85.1 Å². The number of hydrogen-bond acceptors (Lipinski definition) is 1. The number of aromatic nitrogens is 2. The SMILES string of the molecule is CC1(C)c2ccccc2-c2nccc3c2c2c1cccc2n3-c1ccccc1. The van der Waals surface area contributed by atoms with Gasteiger partial charge in [0.25, 0.3) is 0 Å². The quantitative estimate of drug-likeness (QED) is 0.334. The first kappa shape index (κ1) is 15.6. The molecule has 1 aliphatic rings. The molecule has 2 nitrogen and oxygen atoms in total. The maximum atomic E-state index is 4.88. The lowest BCUT2D eigenvalue weighted by Gasteiger charge is -2.28. The van der Waals surface area contributed by atoms with Crippen molar-refractivity contribution in [2.45, 2.75) is 19.3 Å². The highest BCUT2D eigenvalue weighted by molar-refractivity contribution is 6.17. The Balaban J connectivity index is 1.92. The number of rotatable bonds is 1. The van der Waals surface area contributed by atoms with E-state index in [1.165, 1.54) is 44.2 Å². The van der Waals surface area contributed by atoms with Gasteiger partial charge in [-0.25, -0.2) is 0 Å². The Labute approximate surface area is 164 Å². The lowest BCUT2D eigenvalue weighted by Crippen LogP contribution is -2.19. The van der Waals surface area contributed by atoms with Crippen molar-refractivity contribution in [2.24, 2.45) is 0 Å². The Bertz CT molecular complexity index is 1370. The second-order valence-corrected chi connectivity index (χ2v) is 8.09. The zero-order chi connectivity index (χ0) is 18.9. The maximum absolute atomic E-state index is 4.88. The van der Waals surface area contributed by atoms with Gasteiger partial charge in [-0.1, -0.05) is 68.4 Å². The van der Waals surface area contributed by atoms with Crippen LogP contribution in [0, 0.1) is 0 Å². The summed E-state index contributed by atoms with van der Waals surface area (Å²) in [6.07, 6.45) is 1.95. The highest BCUT2D eigenvalue weighted by atomic mass is 15.0. The number of para-hydroxylation sites is 1. The van der Waals surface area contributed by atoms with Crippen LogP contribution in [0.3, 0.4) is 0 Å².